The molecule has 2 aromatic rings. The molecule has 1 aromatic carbocycles. The molecule has 0 saturated heterocycles. The molecule has 4 heteroatoms. The Morgan fingerprint density at radius 2 is 1.70 bits per heavy atom. The van der Waals surface area contributed by atoms with E-state index >= 15 is 0 Å². The fraction of sp³-hybridized carbons (Fsp3) is 0.250. The molecule has 1 heterocycles. The summed E-state index contributed by atoms with van der Waals surface area (Å²) in [6, 6.07) is 12.5. The highest BCUT2D eigenvalue weighted by atomic mass is 32.1. The van der Waals surface area contributed by atoms with Gasteiger partial charge in [0.15, 0.2) is 5.11 Å². The zero-order valence-electron chi connectivity index (χ0n) is 12.0. The van der Waals surface area contributed by atoms with E-state index in [2.05, 4.69) is 53.7 Å². The van der Waals surface area contributed by atoms with Crippen LogP contribution in [0.15, 0.2) is 42.6 Å². The van der Waals surface area contributed by atoms with E-state index in [1.54, 1.807) is 0 Å². The lowest BCUT2D eigenvalue weighted by Gasteiger charge is -2.17. The summed E-state index contributed by atoms with van der Waals surface area (Å²) in [5.74, 6) is 0.754. The third-order valence-electron chi connectivity index (χ3n) is 3.08. The molecule has 0 aliphatic rings. The number of pyridine rings is 1. The van der Waals surface area contributed by atoms with Crippen molar-refractivity contribution in [2.45, 2.75) is 26.8 Å². The highest BCUT2D eigenvalue weighted by molar-refractivity contribution is 7.80. The fourth-order valence-corrected chi connectivity index (χ4v) is 2.11. The van der Waals surface area contributed by atoms with Crippen LogP contribution in [0.4, 0.5) is 5.82 Å². The van der Waals surface area contributed by atoms with Crippen LogP contribution in [0.1, 0.15) is 29.7 Å². The van der Waals surface area contributed by atoms with E-state index in [9.17, 15) is 0 Å². The van der Waals surface area contributed by atoms with Crippen LogP contribution in [0.3, 0.4) is 0 Å². The van der Waals surface area contributed by atoms with E-state index in [0.29, 0.717) is 5.11 Å². The van der Waals surface area contributed by atoms with Gasteiger partial charge in [0.2, 0.25) is 0 Å². The first-order valence-corrected chi connectivity index (χ1v) is 7.02. The minimum Gasteiger partial charge on any atom is -0.356 e. The molecule has 0 saturated carbocycles. The van der Waals surface area contributed by atoms with Gasteiger partial charge in [0, 0.05) is 6.20 Å². The maximum absolute atomic E-state index is 5.31. The molecule has 2 N–H and O–H groups in total. The van der Waals surface area contributed by atoms with Crippen molar-refractivity contribution in [3.63, 3.8) is 0 Å². The maximum atomic E-state index is 5.31. The second-order valence-electron chi connectivity index (χ2n) is 4.95. The van der Waals surface area contributed by atoms with Gasteiger partial charge in [-0.2, -0.15) is 0 Å². The number of hydrogen-bond donors (Lipinski definition) is 2. The minimum atomic E-state index is 0.154. The van der Waals surface area contributed by atoms with Gasteiger partial charge in [0.1, 0.15) is 5.82 Å². The summed E-state index contributed by atoms with van der Waals surface area (Å²) >= 11 is 5.31. The number of aryl methyl sites for hydroxylation is 2. The first-order valence-electron chi connectivity index (χ1n) is 6.61. The number of hydrogen-bond acceptors (Lipinski definition) is 2. The summed E-state index contributed by atoms with van der Waals surface area (Å²) in [7, 11) is 0. The zero-order chi connectivity index (χ0) is 14.5. The van der Waals surface area contributed by atoms with E-state index in [1.165, 1.54) is 11.1 Å². The molecule has 0 amide bonds. The average molecular weight is 285 g/mol. The Morgan fingerprint density at radius 1 is 1.05 bits per heavy atom. The lowest BCUT2D eigenvalue weighted by Crippen LogP contribution is -2.31. The number of thiocarbonyl (C=S) groups is 1. The van der Waals surface area contributed by atoms with Gasteiger partial charge in [-0.3, -0.25) is 0 Å². The Labute approximate surface area is 125 Å². The summed E-state index contributed by atoms with van der Waals surface area (Å²) in [6.07, 6.45) is 1.81. The van der Waals surface area contributed by atoms with Crippen LogP contribution in [0.2, 0.25) is 0 Å². The van der Waals surface area contributed by atoms with Crippen molar-refractivity contribution in [1.29, 1.82) is 0 Å². The molecule has 2 rings (SSSR count). The summed E-state index contributed by atoms with van der Waals surface area (Å²) < 4.78 is 0. The average Bonchev–Trinajstić information content (AvgIpc) is 2.42. The second kappa shape index (κ2) is 6.48. The number of anilines is 1. The monoisotopic (exact) mass is 285 g/mol. The SMILES string of the molecule is Cc1ccc(C(C)NC(=S)Nc2ccc(C)cn2)cc1. The first kappa shape index (κ1) is 14.5. The molecule has 104 valence electrons. The van der Waals surface area contributed by atoms with Crippen LogP contribution in [0.5, 0.6) is 0 Å². The molecular formula is C16H19N3S. The van der Waals surface area contributed by atoms with Crippen LogP contribution in [-0.2, 0) is 0 Å². The molecule has 3 nitrogen and oxygen atoms in total. The lowest BCUT2D eigenvalue weighted by atomic mass is 10.1. The molecule has 1 aromatic heterocycles. The van der Waals surface area contributed by atoms with E-state index in [0.717, 1.165) is 11.4 Å². The molecule has 1 unspecified atom stereocenters. The summed E-state index contributed by atoms with van der Waals surface area (Å²) in [5, 5.41) is 6.93. The van der Waals surface area contributed by atoms with Crippen LogP contribution >= 0.6 is 12.2 Å². The Bertz CT molecular complexity index is 576. The van der Waals surface area contributed by atoms with Gasteiger partial charge >= 0.3 is 0 Å². The normalized spacial score (nSPS) is 11.8. The maximum Gasteiger partial charge on any atom is 0.172 e. The van der Waals surface area contributed by atoms with Crippen molar-refractivity contribution in [2.24, 2.45) is 0 Å². The highest BCUT2D eigenvalue weighted by Crippen LogP contribution is 2.13. The van der Waals surface area contributed by atoms with Crippen molar-refractivity contribution < 1.29 is 0 Å². The van der Waals surface area contributed by atoms with E-state index in [4.69, 9.17) is 12.2 Å². The number of rotatable bonds is 3. The third-order valence-corrected chi connectivity index (χ3v) is 3.30. The topological polar surface area (TPSA) is 37.0 Å². The van der Waals surface area contributed by atoms with E-state index in [1.807, 2.05) is 25.3 Å². The number of aromatic nitrogens is 1. The number of nitrogens with zero attached hydrogens (tertiary/aromatic N) is 1. The Kier molecular flexibility index (Phi) is 4.69. The summed E-state index contributed by atoms with van der Waals surface area (Å²) in [6.45, 7) is 6.17. The van der Waals surface area contributed by atoms with Crippen molar-refractivity contribution in [3.8, 4) is 0 Å². The van der Waals surface area contributed by atoms with Crippen LogP contribution in [0, 0.1) is 13.8 Å². The van der Waals surface area contributed by atoms with Crippen LogP contribution in [-0.4, -0.2) is 10.1 Å². The third kappa shape index (κ3) is 4.03. The zero-order valence-corrected chi connectivity index (χ0v) is 12.8. The summed E-state index contributed by atoms with van der Waals surface area (Å²) in [5.41, 5.74) is 3.59. The van der Waals surface area contributed by atoms with Gasteiger partial charge in [-0.1, -0.05) is 35.9 Å². The van der Waals surface area contributed by atoms with Crippen molar-refractivity contribution in [3.05, 3.63) is 59.3 Å². The predicted octanol–water partition coefficient (Wildman–Crippen LogP) is 3.75. The molecule has 0 aliphatic heterocycles. The fourth-order valence-electron chi connectivity index (χ4n) is 1.83. The molecule has 1 atom stereocenters. The van der Waals surface area contributed by atoms with Crippen LogP contribution in [0.25, 0.3) is 0 Å². The van der Waals surface area contributed by atoms with Crippen LogP contribution < -0.4 is 10.6 Å². The molecule has 20 heavy (non-hydrogen) atoms. The smallest absolute Gasteiger partial charge is 0.172 e. The molecule has 0 radical (unpaired) electrons. The Balaban J connectivity index is 1.93. The highest BCUT2D eigenvalue weighted by Gasteiger charge is 2.07. The molecule has 0 fully saturated rings. The largest absolute Gasteiger partial charge is 0.356 e. The van der Waals surface area contributed by atoms with Crippen molar-refractivity contribution in [2.75, 3.05) is 5.32 Å². The Morgan fingerprint density at radius 3 is 2.30 bits per heavy atom. The van der Waals surface area contributed by atoms with Gasteiger partial charge in [0.25, 0.3) is 0 Å². The lowest BCUT2D eigenvalue weighted by molar-refractivity contribution is 0.722. The minimum absolute atomic E-state index is 0.154. The van der Waals surface area contributed by atoms with Crippen molar-refractivity contribution in [1.82, 2.24) is 10.3 Å². The molecule has 0 bridgehead atoms. The molecule has 0 spiro atoms. The van der Waals surface area contributed by atoms with Gasteiger partial charge in [0.05, 0.1) is 6.04 Å². The number of nitrogens with one attached hydrogen (secondary N) is 2. The van der Waals surface area contributed by atoms with Gasteiger partial charge in [-0.25, -0.2) is 4.98 Å². The van der Waals surface area contributed by atoms with Gasteiger partial charge in [-0.15, -0.1) is 0 Å². The standard InChI is InChI=1S/C16H19N3S/c1-11-4-7-14(8-5-11)13(3)18-16(20)19-15-9-6-12(2)10-17-15/h4-10,13H,1-3H3,(H2,17,18,19,20). The summed E-state index contributed by atoms with van der Waals surface area (Å²) in [4.78, 5) is 4.27. The Hall–Kier alpha value is -1.94. The van der Waals surface area contributed by atoms with E-state index in [-0.39, 0.29) is 6.04 Å². The second-order valence-corrected chi connectivity index (χ2v) is 5.36. The van der Waals surface area contributed by atoms with Gasteiger partial charge in [-0.05, 0) is 50.2 Å². The van der Waals surface area contributed by atoms with Gasteiger partial charge < -0.3 is 10.6 Å². The quantitative estimate of drug-likeness (QED) is 0.842. The van der Waals surface area contributed by atoms with E-state index < -0.39 is 0 Å². The number of benzene rings is 1. The van der Waals surface area contributed by atoms with Crippen molar-refractivity contribution >= 4 is 23.1 Å². The molecule has 0 aliphatic carbocycles. The first-order chi connectivity index (χ1) is 9.54. The predicted molar refractivity (Wildman–Crippen MR) is 87.9 cm³/mol. The molecular weight excluding hydrogens is 266 g/mol.